The summed E-state index contributed by atoms with van der Waals surface area (Å²) in [5.74, 6) is 0.773. The molecule has 1 heterocycles. The van der Waals surface area contributed by atoms with Crippen molar-refractivity contribution in [3.8, 4) is 11.5 Å². The van der Waals surface area contributed by atoms with Crippen molar-refractivity contribution in [3.63, 3.8) is 0 Å². The van der Waals surface area contributed by atoms with E-state index >= 15 is 0 Å². The Morgan fingerprint density at radius 2 is 1.79 bits per heavy atom. The monoisotopic (exact) mass is 511 g/mol. The normalized spacial score (nSPS) is 10.8. The zero-order valence-corrected chi connectivity index (χ0v) is 21.5. The molecular weight excluding hydrogens is 482 g/mol. The lowest BCUT2D eigenvalue weighted by molar-refractivity contribution is -0.111. The topological polar surface area (TPSA) is 91.7 Å². The molecule has 8 heteroatoms. The van der Waals surface area contributed by atoms with E-state index in [1.807, 2.05) is 61.5 Å². The SMILES string of the molecule is COC(=O)c1ccccc1Cn1cc(NC(=O)/C=C/c2ccc(OC)c(COc3ccc(C)cc3)c2)cn1. The fourth-order valence-electron chi connectivity index (χ4n) is 3.82. The first-order valence-electron chi connectivity index (χ1n) is 12.0. The van der Waals surface area contributed by atoms with Gasteiger partial charge in [0.05, 0.1) is 38.2 Å². The Balaban J connectivity index is 1.38. The van der Waals surface area contributed by atoms with Crippen LogP contribution in [0.1, 0.15) is 32.6 Å². The smallest absolute Gasteiger partial charge is 0.338 e. The standard InChI is InChI=1S/C30H29N3O5/c1-21-8-12-26(13-9-21)38-20-24-16-22(10-14-28(24)36-2)11-15-29(34)32-25-17-31-33(19-25)18-23-6-4-5-7-27(23)30(35)37-3/h4-17,19H,18,20H2,1-3H3,(H,32,34)/b15-11+. The van der Waals surface area contributed by atoms with Gasteiger partial charge >= 0.3 is 5.97 Å². The summed E-state index contributed by atoms with van der Waals surface area (Å²) in [6.07, 6.45) is 6.44. The molecule has 0 unspecified atom stereocenters. The molecule has 4 rings (SSSR count). The van der Waals surface area contributed by atoms with Gasteiger partial charge < -0.3 is 19.5 Å². The summed E-state index contributed by atoms with van der Waals surface area (Å²) in [6, 6.07) is 20.7. The summed E-state index contributed by atoms with van der Waals surface area (Å²) in [5.41, 5.74) is 4.64. The molecule has 0 fully saturated rings. The third kappa shape index (κ3) is 6.88. The summed E-state index contributed by atoms with van der Waals surface area (Å²) in [4.78, 5) is 24.5. The van der Waals surface area contributed by atoms with E-state index in [0.717, 1.165) is 28.0 Å². The fourth-order valence-corrected chi connectivity index (χ4v) is 3.82. The number of aromatic nitrogens is 2. The highest BCUT2D eigenvalue weighted by molar-refractivity contribution is 6.01. The van der Waals surface area contributed by atoms with Gasteiger partial charge in [0.25, 0.3) is 0 Å². The summed E-state index contributed by atoms with van der Waals surface area (Å²) in [6.45, 7) is 2.71. The number of carbonyl (C=O) groups is 2. The van der Waals surface area contributed by atoms with E-state index < -0.39 is 5.97 Å². The number of amides is 1. The van der Waals surface area contributed by atoms with Crippen LogP contribution < -0.4 is 14.8 Å². The van der Waals surface area contributed by atoms with Gasteiger partial charge in [0.2, 0.25) is 5.91 Å². The van der Waals surface area contributed by atoms with Crippen molar-refractivity contribution in [2.75, 3.05) is 19.5 Å². The Labute approximate surface area is 221 Å². The Morgan fingerprint density at radius 3 is 2.55 bits per heavy atom. The number of hydrogen-bond acceptors (Lipinski definition) is 6. The van der Waals surface area contributed by atoms with Crippen LogP contribution in [0.15, 0.2) is 85.2 Å². The maximum atomic E-state index is 12.5. The molecule has 4 aromatic rings. The summed E-state index contributed by atoms with van der Waals surface area (Å²) < 4.78 is 17.9. The van der Waals surface area contributed by atoms with Crippen LogP contribution in [-0.2, 0) is 22.7 Å². The number of nitrogens with zero attached hydrogens (tertiary/aromatic N) is 2. The second-order valence-electron chi connectivity index (χ2n) is 8.57. The van der Waals surface area contributed by atoms with Crippen molar-refractivity contribution in [2.45, 2.75) is 20.1 Å². The molecule has 0 atom stereocenters. The number of carbonyl (C=O) groups excluding carboxylic acids is 2. The lowest BCUT2D eigenvalue weighted by atomic mass is 10.1. The minimum atomic E-state index is -0.408. The highest BCUT2D eigenvalue weighted by Crippen LogP contribution is 2.23. The maximum Gasteiger partial charge on any atom is 0.338 e. The third-order valence-electron chi connectivity index (χ3n) is 5.80. The first kappa shape index (κ1) is 26.2. The molecular formula is C30H29N3O5. The van der Waals surface area contributed by atoms with E-state index in [2.05, 4.69) is 10.4 Å². The molecule has 0 aliphatic rings. The molecule has 0 aliphatic carbocycles. The number of rotatable bonds is 10. The van der Waals surface area contributed by atoms with Crippen LogP contribution in [0.5, 0.6) is 11.5 Å². The summed E-state index contributed by atoms with van der Waals surface area (Å²) >= 11 is 0. The minimum absolute atomic E-state index is 0.298. The van der Waals surface area contributed by atoms with Crippen molar-refractivity contribution >= 4 is 23.6 Å². The molecule has 1 N–H and O–H groups in total. The van der Waals surface area contributed by atoms with Gasteiger partial charge in [-0.3, -0.25) is 9.48 Å². The van der Waals surface area contributed by atoms with E-state index in [-0.39, 0.29) is 5.91 Å². The molecule has 0 saturated heterocycles. The first-order valence-corrected chi connectivity index (χ1v) is 12.0. The van der Waals surface area contributed by atoms with E-state index in [4.69, 9.17) is 14.2 Å². The summed E-state index contributed by atoms with van der Waals surface area (Å²) in [7, 11) is 2.96. The quantitative estimate of drug-likeness (QED) is 0.231. The summed E-state index contributed by atoms with van der Waals surface area (Å²) in [5, 5.41) is 7.09. The number of ether oxygens (including phenoxy) is 3. The van der Waals surface area contributed by atoms with Gasteiger partial charge in [-0.25, -0.2) is 4.79 Å². The van der Waals surface area contributed by atoms with Crippen molar-refractivity contribution in [2.24, 2.45) is 0 Å². The van der Waals surface area contributed by atoms with Crippen LogP contribution in [0.2, 0.25) is 0 Å². The average Bonchev–Trinajstić information content (AvgIpc) is 3.37. The van der Waals surface area contributed by atoms with Gasteiger partial charge in [0.1, 0.15) is 18.1 Å². The Hall–Kier alpha value is -4.85. The fraction of sp³-hybridized carbons (Fsp3) is 0.167. The van der Waals surface area contributed by atoms with Crippen LogP contribution in [0.25, 0.3) is 6.08 Å². The second kappa shape index (κ2) is 12.4. The van der Waals surface area contributed by atoms with Gasteiger partial charge in [-0.15, -0.1) is 0 Å². The van der Waals surface area contributed by atoms with Crippen LogP contribution in [0.4, 0.5) is 5.69 Å². The molecule has 0 spiro atoms. The highest BCUT2D eigenvalue weighted by Gasteiger charge is 2.12. The number of methoxy groups -OCH3 is 2. The number of esters is 1. The van der Waals surface area contributed by atoms with Gasteiger partial charge in [0, 0.05) is 17.8 Å². The molecule has 194 valence electrons. The molecule has 0 bridgehead atoms. The zero-order valence-electron chi connectivity index (χ0n) is 21.5. The van der Waals surface area contributed by atoms with Gasteiger partial charge in [-0.05, 0) is 54.5 Å². The first-order chi connectivity index (χ1) is 18.4. The van der Waals surface area contributed by atoms with E-state index in [1.54, 1.807) is 42.4 Å². The number of nitrogens with one attached hydrogen (secondary N) is 1. The minimum Gasteiger partial charge on any atom is -0.496 e. The molecule has 0 aliphatic heterocycles. The molecule has 1 amide bonds. The molecule has 0 saturated carbocycles. The maximum absolute atomic E-state index is 12.5. The predicted octanol–water partition coefficient (Wildman–Crippen LogP) is 5.27. The number of hydrogen-bond donors (Lipinski definition) is 1. The van der Waals surface area contributed by atoms with Gasteiger partial charge in [-0.2, -0.15) is 5.10 Å². The molecule has 38 heavy (non-hydrogen) atoms. The number of benzene rings is 3. The number of aryl methyl sites for hydroxylation is 1. The van der Waals surface area contributed by atoms with Crippen LogP contribution in [0.3, 0.4) is 0 Å². The number of anilines is 1. The van der Waals surface area contributed by atoms with E-state index in [1.165, 1.54) is 13.2 Å². The van der Waals surface area contributed by atoms with E-state index in [9.17, 15) is 9.59 Å². The van der Waals surface area contributed by atoms with Gasteiger partial charge in [0.15, 0.2) is 0 Å². The Bertz CT molecular complexity index is 1440. The van der Waals surface area contributed by atoms with E-state index in [0.29, 0.717) is 30.2 Å². The lowest BCUT2D eigenvalue weighted by Gasteiger charge is -2.11. The van der Waals surface area contributed by atoms with Crippen LogP contribution in [0, 0.1) is 6.92 Å². The Morgan fingerprint density at radius 1 is 1.00 bits per heavy atom. The Kier molecular flexibility index (Phi) is 8.56. The van der Waals surface area contributed by atoms with Crippen molar-refractivity contribution in [1.82, 2.24) is 9.78 Å². The highest BCUT2D eigenvalue weighted by atomic mass is 16.5. The van der Waals surface area contributed by atoms with Crippen LogP contribution in [-0.4, -0.2) is 35.9 Å². The predicted molar refractivity (Wildman–Crippen MR) is 145 cm³/mol. The van der Waals surface area contributed by atoms with Gasteiger partial charge in [-0.1, -0.05) is 42.0 Å². The zero-order chi connectivity index (χ0) is 26.9. The average molecular weight is 512 g/mol. The van der Waals surface area contributed by atoms with Crippen molar-refractivity contribution < 1.29 is 23.8 Å². The lowest BCUT2D eigenvalue weighted by Crippen LogP contribution is -2.09. The second-order valence-corrected chi connectivity index (χ2v) is 8.57. The molecule has 0 radical (unpaired) electrons. The third-order valence-corrected chi connectivity index (χ3v) is 5.80. The molecule has 3 aromatic carbocycles. The largest absolute Gasteiger partial charge is 0.496 e. The van der Waals surface area contributed by atoms with Crippen molar-refractivity contribution in [1.29, 1.82) is 0 Å². The van der Waals surface area contributed by atoms with Crippen LogP contribution >= 0.6 is 0 Å². The van der Waals surface area contributed by atoms with Crippen molar-refractivity contribution in [3.05, 3.63) is 113 Å². The molecule has 1 aromatic heterocycles. The molecule has 8 nitrogen and oxygen atoms in total.